The van der Waals surface area contributed by atoms with Gasteiger partial charge in [-0.1, -0.05) is 0 Å². The van der Waals surface area contributed by atoms with Crippen LogP contribution in [-0.4, -0.2) is 22.9 Å². The molecule has 2 aromatic rings. The average molecular weight is 237 g/mol. The molecule has 0 aliphatic rings. The maximum atomic E-state index is 11.2. The van der Waals surface area contributed by atoms with Crippen LogP contribution >= 0.6 is 11.3 Å². The summed E-state index contributed by atoms with van der Waals surface area (Å²) in [4.78, 5) is 12.9. The molecule has 0 saturated heterocycles. The van der Waals surface area contributed by atoms with Crippen LogP contribution in [0.5, 0.6) is 0 Å². The zero-order valence-corrected chi connectivity index (χ0v) is 9.53. The number of esters is 1. The summed E-state index contributed by atoms with van der Waals surface area (Å²) < 4.78 is 6.36. The first kappa shape index (κ1) is 10.7. The molecule has 0 aliphatic heterocycles. The van der Waals surface area contributed by atoms with Gasteiger partial charge in [0.15, 0.2) is 0 Å². The molecule has 2 heterocycles. The summed E-state index contributed by atoms with van der Waals surface area (Å²) in [5, 5.41) is 4.07. The minimum absolute atomic E-state index is 0.309. The molecule has 16 heavy (non-hydrogen) atoms. The van der Waals surface area contributed by atoms with Crippen LogP contribution in [0.4, 0.5) is 5.69 Å². The van der Waals surface area contributed by atoms with Gasteiger partial charge in [0, 0.05) is 11.1 Å². The van der Waals surface area contributed by atoms with E-state index in [1.54, 1.807) is 23.1 Å². The van der Waals surface area contributed by atoms with E-state index in [1.165, 1.54) is 18.4 Å². The van der Waals surface area contributed by atoms with E-state index < -0.39 is 0 Å². The molecule has 6 heteroatoms. The molecule has 0 aliphatic carbocycles. The van der Waals surface area contributed by atoms with Crippen molar-refractivity contribution >= 4 is 23.0 Å². The molecule has 5 nitrogen and oxygen atoms in total. The van der Waals surface area contributed by atoms with Crippen LogP contribution in [0.25, 0.3) is 0 Å². The number of aromatic nitrogens is 2. The Morgan fingerprint density at radius 2 is 2.44 bits per heavy atom. The second kappa shape index (κ2) is 4.36. The second-order valence-electron chi connectivity index (χ2n) is 3.23. The number of carbonyl (C=O) groups is 1. The van der Waals surface area contributed by atoms with E-state index in [9.17, 15) is 4.79 Å². The van der Waals surface area contributed by atoms with Crippen LogP contribution in [0.15, 0.2) is 24.5 Å². The number of thiophene rings is 1. The lowest BCUT2D eigenvalue weighted by molar-refractivity contribution is 0.0606. The van der Waals surface area contributed by atoms with E-state index in [-0.39, 0.29) is 5.97 Å². The molecule has 2 rings (SSSR count). The lowest BCUT2D eigenvalue weighted by Crippen LogP contribution is -1.98. The molecule has 0 atom stereocenters. The molecular weight excluding hydrogens is 226 g/mol. The molecule has 0 bridgehead atoms. The fourth-order valence-electron chi connectivity index (χ4n) is 1.30. The fourth-order valence-corrected chi connectivity index (χ4v) is 2.22. The van der Waals surface area contributed by atoms with Crippen LogP contribution in [0.2, 0.25) is 0 Å². The molecule has 84 valence electrons. The lowest BCUT2D eigenvalue weighted by Gasteiger charge is -1.97. The molecule has 2 N–H and O–H groups in total. The summed E-state index contributed by atoms with van der Waals surface area (Å²) in [6.45, 7) is 0.610. The number of nitrogens with zero attached hydrogens (tertiary/aromatic N) is 2. The molecule has 2 aromatic heterocycles. The first-order chi connectivity index (χ1) is 7.69. The van der Waals surface area contributed by atoms with E-state index in [1.807, 2.05) is 6.07 Å². The monoisotopic (exact) mass is 237 g/mol. The summed E-state index contributed by atoms with van der Waals surface area (Å²) in [5.74, 6) is -0.309. The zero-order valence-electron chi connectivity index (χ0n) is 8.71. The number of hydrogen-bond acceptors (Lipinski definition) is 5. The smallest absolute Gasteiger partial charge is 0.348 e. The summed E-state index contributed by atoms with van der Waals surface area (Å²) >= 11 is 1.39. The van der Waals surface area contributed by atoms with E-state index in [4.69, 9.17) is 5.73 Å². The third kappa shape index (κ3) is 2.22. The van der Waals surface area contributed by atoms with Crippen LogP contribution < -0.4 is 5.73 Å². The summed E-state index contributed by atoms with van der Waals surface area (Å²) in [5.41, 5.74) is 6.18. The van der Waals surface area contributed by atoms with Gasteiger partial charge in [0.1, 0.15) is 4.88 Å². The Balaban J connectivity index is 2.11. The van der Waals surface area contributed by atoms with Crippen LogP contribution in [0.1, 0.15) is 14.5 Å². The Labute approximate surface area is 96.4 Å². The minimum Gasteiger partial charge on any atom is -0.465 e. The highest BCUT2D eigenvalue weighted by molar-refractivity contribution is 7.13. The van der Waals surface area contributed by atoms with Gasteiger partial charge in [0.2, 0.25) is 0 Å². The summed E-state index contributed by atoms with van der Waals surface area (Å²) in [6.07, 6.45) is 3.34. The fraction of sp³-hybridized carbons (Fsp3) is 0.200. The first-order valence-corrected chi connectivity index (χ1v) is 5.45. The molecule has 0 radical (unpaired) electrons. The average Bonchev–Trinajstić information content (AvgIpc) is 2.87. The number of methoxy groups -OCH3 is 1. The summed E-state index contributed by atoms with van der Waals surface area (Å²) in [7, 11) is 1.37. The van der Waals surface area contributed by atoms with Crippen molar-refractivity contribution in [3.05, 3.63) is 34.3 Å². The van der Waals surface area contributed by atoms with Gasteiger partial charge in [-0.15, -0.1) is 11.3 Å². The number of hydrogen-bond donors (Lipinski definition) is 1. The molecule has 0 fully saturated rings. The highest BCUT2D eigenvalue weighted by atomic mass is 32.1. The Kier molecular flexibility index (Phi) is 2.91. The maximum Gasteiger partial charge on any atom is 0.348 e. The van der Waals surface area contributed by atoms with Crippen molar-refractivity contribution in [2.75, 3.05) is 12.8 Å². The Hall–Kier alpha value is -1.82. The number of anilines is 1. The topological polar surface area (TPSA) is 70.1 Å². The molecule has 0 aromatic carbocycles. The maximum absolute atomic E-state index is 11.2. The third-order valence-electron chi connectivity index (χ3n) is 2.02. The van der Waals surface area contributed by atoms with Crippen molar-refractivity contribution in [2.24, 2.45) is 0 Å². The van der Waals surface area contributed by atoms with Crippen molar-refractivity contribution in [2.45, 2.75) is 6.54 Å². The number of nitrogens with two attached hydrogens (primary N) is 1. The van der Waals surface area contributed by atoms with Crippen molar-refractivity contribution in [1.82, 2.24) is 9.78 Å². The quantitative estimate of drug-likeness (QED) is 0.818. The number of carbonyl (C=O) groups excluding carboxylic acids is 1. The van der Waals surface area contributed by atoms with Crippen LogP contribution in [0, 0.1) is 0 Å². The lowest BCUT2D eigenvalue weighted by atomic mass is 10.4. The normalized spacial score (nSPS) is 10.3. The van der Waals surface area contributed by atoms with Crippen molar-refractivity contribution < 1.29 is 9.53 Å². The number of rotatable bonds is 3. The van der Waals surface area contributed by atoms with Crippen LogP contribution in [-0.2, 0) is 11.3 Å². The minimum atomic E-state index is -0.309. The van der Waals surface area contributed by atoms with E-state index in [2.05, 4.69) is 9.84 Å². The van der Waals surface area contributed by atoms with Crippen molar-refractivity contribution in [3.63, 3.8) is 0 Å². The van der Waals surface area contributed by atoms with Gasteiger partial charge in [-0.25, -0.2) is 4.79 Å². The van der Waals surface area contributed by atoms with Gasteiger partial charge in [-0.05, 0) is 12.1 Å². The standard InChI is InChI=1S/C10H11N3O2S/c1-15-10(14)9-3-2-8(16-9)6-13-5-7(11)4-12-13/h2-5H,6,11H2,1H3. The van der Waals surface area contributed by atoms with E-state index in [0.29, 0.717) is 17.1 Å². The molecule has 0 unspecified atom stereocenters. The predicted molar refractivity (Wildman–Crippen MR) is 61.4 cm³/mol. The van der Waals surface area contributed by atoms with Crippen molar-refractivity contribution in [1.29, 1.82) is 0 Å². The van der Waals surface area contributed by atoms with Gasteiger partial charge < -0.3 is 10.5 Å². The third-order valence-corrected chi connectivity index (χ3v) is 3.07. The van der Waals surface area contributed by atoms with Crippen molar-refractivity contribution in [3.8, 4) is 0 Å². The number of ether oxygens (including phenoxy) is 1. The van der Waals surface area contributed by atoms with Crippen LogP contribution in [0.3, 0.4) is 0 Å². The summed E-state index contributed by atoms with van der Waals surface area (Å²) in [6, 6.07) is 3.63. The number of nitrogen functional groups attached to an aromatic ring is 1. The van der Waals surface area contributed by atoms with Gasteiger partial charge in [-0.3, -0.25) is 4.68 Å². The highest BCUT2D eigenvalue weighted by Gasteiger charge is 2.09. The van der Waals surface area contributed by atoms with Gasteiger partial charge in [-0.2, -0.15) is 5.10 Å². The highest BCUT2D eigenvalue weighted by Crippen LogP contribution is 2.18. The van der Waals surface area contributed by atoms with E-state index >= 15 is 0 Å². The largest absolute Gasteiger partial charge is 0.465 e. The predicted octanol–water partition coefficient (Wildman–Crippen LogP) is 1.36. The zero-order chi connectivity index (χ0) is 11.5. The molecular formula is C10H11N3O2S. The van der Waals surface area contributed by atoms with Gasteiger partial charge >= 0.3 is 5.97 Å². The van der Waals surface area contributed by atoms with Gasteiger partial charge in [0.05, 0.1) is 25.5 Å². The molecule has 0 amide bonds. The van der Waals surface area contributed by atoms with Gasteiger partial charge in [0.25, 0.3) is 0 Å². The Morgan fingerprint density at radius 1 is 1.62 bits per heavy atom. The SMILES string of the molecule is COC(=O)c1ccc(Cn2cc(N)cn2)s1. The first-order valence-electron chi connectivity index (χ1n) is 4.64. The molecule has 0 spiro atoms. The Morgan fingerprint density at radius 3 is 3.06 bits per heavy atom. The second-order valence-corrected chi connectivity index (χ2v) is 4.40. The molecule has 0 saturated carbocycles. The van der Waals surface area contributed by atoms with E-state index in [0.717, 1.165) is 4.88 Å². The Bertz CT molecular complexity index is 504.